The lowest BCUT2D eigenvalue weighted by molar-refractivity contribution is -0.158. The Hall–Kier alpha value is -4.22. The highest BCUT2D eigenvalue weighted by Crippen LogP contribution is 2.44. The molecule has 0 saturated heterocycles. The Morgan fingerprint density at radius 3 is 2.37 bits per heavy atom. The van der Waals surface area contributed by atoms with Crippen molar-refractivity contribution in [2.24, 2.45) is 0 Å². The van der Waals surface area contributed by atoms with Crippen molar-refractivity contribution in [2.45, 2.75) is 18.6 Å². The Labute approximate surface area is 199 Å². The van der Waals surface area contributed by atoms with E-state index in [-0.39, 0.29) is 36.9 Å². The molecule has 4 rings (SSSR count). The van der Waals surface area contributed by atoms with Crippen LogP contribution in [0.15, 0.2) is 59.3 Å². The van der Waals surface area contributed by atoms with Gasteiger partial charge in [0.1, 0.15) is 24.1 Å². The van der Waals surface area contributed by atoms with Crippen molar-refractivity contribution in [3.63, 3.8) is 0 Å². The first-order valence-electron chi connectivity index (χ1n) is 10.7. The summed E-state index contributed by atoms with van der Waals surface area (Å²) in [4.78, 5) is 40.6. The van der Waals surface area contributed by atoms with Crippen molar-refractivity contribution in [1.29, 1.82) is 0 Å². The predicted octanol–water partition coefficient (Wildman–Crippen LogP) is 2.47. The quantitative estimate of drug-likeness (QED) is 0.371. The van der Waals surface area contributed by atoms with Crippen molar-refractivity contribution in [3.8, 4) is 11.1 Å². The van der Waals surface area contributed by atoms with Crippen LogP contribution in [0.25, 0.3) is 11.1 Å². The van der Waals surface area contributed by atoms with Crippen LogP contribution in [-0.4, -0.2) is 54.7 Å². The minimum Gasteiger partial charge on any atom is -0.479 e. The number of rotatable bonds is 10. The number of ether oxygens (including phenoxy) is 2. The van der Waals surface area contributed by atoms with Gasteiger partial charge in [0.25, 0.3) is 5.91 Å². The fourth-order valence-electron chi connectivity index (χ4n) is 3.86. The van der Waals surface area contributed by atoms with Gasteiger partial charge in [-0.3, -0.25) is 9.63 Å². The van der Waals surface area contributed by atoms with Crippen LogP contribution >= 0.6 is 0 Å². The lowest BCUT2D eigenvalue weighted by atomic mass is 9.98. The van der Waals surface area contributed by atoms with Gasteiger partial charge >= 0.3 is 12.1 Å². The number of carbonyl (C=O) groups is 3. The van der Waals surface area contributed by atoms with Gasteiger partial charge in [0, 0.05) is 13.0 Å². The van der Waals surface area contributed by atoms with E-state index in [2.05, 4.69) is 10.5 Å². The molecule has 2 aromatic carbocycles. The molecule has 182 valence electrons. The number of carbonyl (C=O) groups excluding carboxylic acids is 2. The molecule has 1 aliphatic rings. The Morgan fingerprint density at radius 1 is 1.09 bits per heavy atom. The van der Waals surface area contributed by atoms with Gasteiger partial charge in [-0.05, 0) is 22.3 Å². The predicted molar refractivity (Wildman–Crippen MR) is 120 cm³/mol. The summed E-state index contributed by atoms with van der Waals surface area (Å²) in [6, 6.07) is 16.0. The molecular weight excluding hydrogens is 458 g/mol. The zero-order valence-electron chi connectivity index (χ0n) is 18.7. The fraction of sp³-hybridized carbons (Fsp3) is 0.250. The standard InChI is InChI=1S/C24H23N3O8/c1-32-13-21(23(29)30)35-27-22(28)19-12-34-26-20(19)10-25-24(31)33-11-18-16-8-4-2-6-14(16)15-7-3-5-9-17(15)18/h2-9,12,18,21H,10-11,13H2,1H3,(H,25,31)(H,27,28)(H,29,30). The Kier molecular flexibility index (Phi) is 7.38. The van der Waals surface area contributed by atoms with Crippen molar-refractivity contribution in [2.75, 3.05) is 20.3 Å². The van der Waals surface area contributed by atoms with Crippen molar-refractivity contribution in [1.82, 2.24) is 16.0 Å². The van der Waals surface area contributed by atoms with E-state index in [9.17, 15) is 14.4 Å². The number of aliphatic carboxylic acids is 1. The number of hydrogen-bond acceptors (Lipinski definition) is 8. The highest BCUT2D eigenvalue weighted by molar-refractivity contribution is 5.94. The van der Waals surface area contributed by atoms with E-state index in [1.165, 1.54) is 7.11 Å². The third-order valence-electron chi connectivity index (χ3n) is 5.52. The van der Waals surface area contributed by atoms with E-state index < -0.39 is 24.1 Å². The van der Waals surface area contributed by atoms with Gasteiger partial charge in [-0.15, -0.1) is 0 Å². The second kappa shape index (κ2) is 10.8. The van der Waals surface area contributed by atoms with Crippen molar-refractivity contribution < 1.29 is 38.3 Å². The number of alkyl carbamates (subject to hydrolysis) is 1. The largest absolute Gasteiger partial charge is 0.479 e. The average molecular weight is 481 g/mol. The number of carboxylic acid groups (broad SMARTS) is 1. The molecule has 1 atom stereocenters. The summed E-state index contributed by atoms with van der Waals surface area (Å²) in [5.41, 5.74) is 6.50. The van der Waals surface area contributed by atoms with Crippen LogP contribution in [0.2, 0.25) is 0 Å². The normalized spacial score (nSPS) is 12.9. The highest BCUT2D eigenvalue weighted by atomic mass is 16.7. The first-order valence-corrected chi connectivity index (χ1v) is 10.7. The number of hydroxylamine groups is 1. The fourth-order valence-corrected chi connectivity index (χ4v) is 3.86. The molecule has 2 amide bonds. The number of nitrogens with one attached hydrogen (secondary N) is 2. The summed E-state index contributed by atoms with van der Waals surface area (Å²) in [6.45, 7) is -0.290. The van der Waals surface area contributed by atoms with Crippen LogP contribution in [0.3, 0.4) is 0 Å². The van der Waals surface area contributed by atoms with Crippen molar-refractivity contribution >= 4 is 18.0 Å². The molecule has 0 saturated carbocycles. The molecule has 0 aliphatic heterocycles. The maximum absolute atomic E-state index is 12.4. The summed E-state index contributed by atoms with van der Waals surface area (Å²) in [7, 11) is 1.30. The highest BCUT2D eigenvalue weighted by Gasteiger charge is 2.29. The molecule has 1 unspecified atom stereocenters. The molecule has 1 aliphatic carbocycles. The molecule has 0 radical (unpaired) electrons. The van der Waals surface area contributed by atoms with Crippen LogP contribution in [-0.2, 0) is 25.7 Å². The van der Waals surface area contributed by atoms with E-state index in [4.69, 9.17) is 23.9 Å². The Bertz CT molecular complexity index is 1180. The van der Waals surface area contributed by atoms with Gasteiger partial charge in [-0.2, -0.15) is 0 Å². The molecular formula is C24H23N3O8. The summed E-state index contributed by atoms with van der Waals surface area (Å²) in [5, 5.41) is 15.3. The van der Waals surface area contributed by atoms with Crippen LogP contribution < -0.4 is 10.8 Å². The molecule has 3 aromatic rings. The number of aromatic nitrogens is 1. The molecule has 3 N–H and O–H groups in total. The molecule has 11 heteroatoms. The molecule has 1 heterocycles. The smallest absolute Gasteiger partial charge is 0.407 e. The second-order valence-corrected chi connectivity index (χ2v) is 7.69. The Balaban J connectivity index is 1.32. The number of methoxy groups -OCH3 is 1. The molecule has 0 spiro atoms. The first kappa shape index (κ1) is 23.9. The Morgan fingerprint density at radius 2 is 1.74 bits per heavy atom. The molecule has 0 fully saturated rings. The van der Waals surface area contributed by atoms with Crippen LogP contribution in [0, 0.1) is 0 Å². The van der Waals surface area contributed by atoms with Gasteiger partial charge in [0.15, 0.2) is 0 Å². The first-order chi connectivity index (χ1) is 17.0. The second-order valence-electron chi connectivity index (χ2n) is 7.69. The average Bonchev–Trinajstić information content (AvgIpc) is 3.46. The molecule has 35 heavy (non-hydrogen) atoms. The monoisotopic (exact) mass is 481 g/mol. The number of fused-ring (bicyclic) bond motifs is 3. The van der Waals surface area contributed by atoms with Crippen molar-refractivity contribution in [3.05, 3.63) is 77.2 Å². The number of benzene rings is 2. The number of amides is 2. The van der Waals surface area contributed by atoms with E-state index in [1.807, 2.05) is 54.0 Å². The van der Waals surface area contributed by atoms with Gasteiger partial charge in [0.2, 0.25) is 6.10 Å². The minimum absolute atomic E-state index is 0.0366. The maximum atomic E-state index is 12.4. The third kappa shape index (κ3) is 5.31. The maximum Gasteiger partial charge on any atom is 0.407 e. The number of hydrogen-bond donors (Lipinski definition) is 3. The third-order valence-corrected chi connectivity index (χ3v) is 5.52. The van der Waals surface area contributed by atoms with E-state index >= 15 is 0 Å². The van der Waals surface area contributed by atoms with Crippen LogP contribution in [0.4, 0.5) is 4.79 Å². The summed E-state index contributed by atoms with van der Waals surface area (Å²) in [5.74, 6) is -2.19. The lowest BCUT2D eigenvalue weighted by Crippen LogP contribution is -2.37. The number of carboxylic acids is 1. The van der Waals surface area contributed by atoms with Gasteiger partial charge in [-0.25, -0.2) is 15.1 Å². The zero-order valence-corrected chi connectivity index (χ0v) is 18.7. The number of nitrogens with zero attached hydrogens (tertiary/aromatic N) is 1. The zero-order chi connectivity index (χ0) is 24.8. The summed E-state index contributed by atoms with van der Waals surface area (Å²) >= 11 is 0. The summed E-state index contributed by atoms with van der Waals surface area (Å²) < 4.78 is 15.0. The lowest BCUT2D eigenvalue weighted by Gasteiger charge is -2.14. The minimum atomic E-state index is -1.40. The molecule has 1 aromatic heterocycles. The van der Waals surface area contributed by atoms with Gasteiger partial charge < -0.3 is 24.4 Å². The van der Waals surface area contributed by atoms with E-state index in [0.717, 1.165) is 28.5 Å². The molecule has 11 nitrogen and oxygen atoms in total. The van der Waals surface area contributed by atoms with E-state index in [1.54, 1.807) is 0 Å². The van der Waals surface area contributed by atoms with Gasteiger partial charge in [-0.1, -0.05) is 53.7 Å². The van der Waals surface area contributed by atoms with E-state index in [0.29, 0.717) is 0 Å². The molecule has 0 bridgehead atoms. The SMILES string of the molecule is COCC(ONC(=O)c1conc1CNC(=O)OCC1c2ccccc2-c2ccccc21)C(=O)O. The topological polar surface area (TPSA) is 149 Å². The van der Waals surface area contributed by atoms with Gasteiger partial charge in [0.05, 0.1) is 13.2 Å². The van der Waals surface area contributed by atoms with Crippen LogP contribution in [0.5, 0.6) is 0 Å². The van der Waals surface area contributed by atoms with Crippen LogP contribution in [0.1, 0.15) is 33.1 Å². The summed E-state index contributed by atoms with van der Waals surface area (Å²) in [6.07, 6.45) is -1.03.